The fraction of sp³-hybridized carbons (Fsp3) is 0.0870. The molecular weight excluding hydrogens is 558 g/mol. The fourth-order valence-electron chi connectivity index (χ4n) is 2.87. The third-order valence-electron chi connectivity index (χ3n) is 4.51. The monoisotopic (exact) mass is 571 g/mol. The number of carbonyl (C=O) groups is 3. The molecule has 0 aliphatic carbocycles. The third kappa shape index (κ3) is 7.00. The average molecular weight is 572 g/mol. The van der Waals surface area contributed by atoms with E-state index in [9.17, 15) is 22.8 Å². The van der Waals surface area contributed by atoms with E-state index in [0.29, 0.717) is 42.3 Å². The molecule has 1 aromatic heterocycles. The number of ether oxygens (including phenoxy) is 1. The lowest BCUT2D eigenvalue weighted by atomic mass is 10.1. The van der Waals surface area contributed by atoms with E-state index < -0.39 is 18.1 Å². The zero-order valence-corrected chi connectivity index (χ0v) is 20.8. The Morgan fingerprint density at radius 3 is 2.41 bits per heavy atom. The Balaban J connectivity index is 0.000000479. The van der Waals surface area contributed by atoms with Crippen molar-refractivity contribution < 1.29 is 37.4 Å². The highest BCUT2D eigenvalue weighted by Crippen LogP contribution is 2.35. The third-order valence-corrected chi connectivity index (χ3v) is 6.03. The number of esters is 1. The minimum atomic E-state index is -5.08. The van der Waals surface area contributed by atoms with Gasteiger partial charge < -0.3 is 15.2 Å². The number of carbonyl (C=O) groups excluding carboxylic acids is 2. The summed E-state index contributed by atoms with van der Waals surface area (Å²) in [6, 6.07) is 12.1. The first-order chi connectivity index (χ1) is 17.4. The fourth-order valence-corrected chi connectivity index (χ4v) is 4.18. The largest absolute Gasteiger partial charge is 0.490 e. The van der Waals surface area contributed by atoms with Crippen LogP contribution in [0.15, 0.2) is 58.6 Å². The van der Waals surface area contributed by atoms with Crippen LogP contribution in [-0.2, 0) is 14.3 Å². The number of benzene rings is 2. The molecule has 8 nitrogen and oxygen atoms in total. The van der Waals surface area contributed by atoms with Crippen LogP contribution in [0.4, 0.5) is 18.9 Å². The summed E-state index contributed by atoms with van der Waals surface area (Å²) in [5.41, 5.74) is 2.18. The highest BCUT2D eigenvalue weighted by Gasteiger charge is 2.38. The van der Waals surface area contributed by atoms with Crippen LogP contribution in [0.2, 0.25) is 10.0 Å². The van der Waals surface area contributed by atoms with Crippen molar-refractivity contribution in [1.29, 1.82) is 0 Å². The molecule has 1 fully saturated rings. The Morgan fingerprint density at radius 2 is 1.81 bits per heavy atom. The highest BCUT2D eigenvalue weighted by molar-refractivity contribution is 8.18. The Hall–Kier alpha value is -3.61. The van der Waals surface area contributed by atoms with Gasteiger partial charge in [0, 0.05) is 11.6 Å². The van der Waals surface area contributed by atoms with Crippen LogP contribution in [0.3, 0.4) is 0 Å². The average Bonchev–Trinajstić information content (AvgIpc) is 3.18. The number of nitrogens with zero attached hydrogens (tertiary/aromatic N) is 2. The molecule has 14 heteroatoms. The van der Waals surface area contributed by atoms with Crippen LogP contribution >= 0.6 is 35.0 Å². The Bertz CT molecular complexity index is 1440. The van der Waals surface area contributed by atoms with Crippen LogP contribution in [0.1, 0.15) is 15.9 Å². The summed E-state index contributed by atoms with van der Waals surface area (Å²) < 4.78 is 36.6. The number of thioether (sulfide) groups is 1. The van der Waals surface area contributed by atoms with Crippen LogP contribution in [0, 0.1) is 0 Å². The molecule has 2 aromatic carbocycles. The van der Waals surface area contributed by atoms with Crippen molar-refractivity contribution in [3.05, 3.63) is 74.7 Å². The molecule has 3 aromatic rings. The number of halogens is 5. The topological polar surface area (TPSA) is 118 Å². The maximum absolute atomic E-state index is 12.4. The number of hydrogen-bond donors (Lipinski definition) is 2. The zero-order valence-electron chi connectivity index (χ0n) is 18.5. The van der Waals surface area contributed by atoms with E-state index in [1.54, 1.807) is 48.7 Å². The number of methoxy groups -OCH3 is 1. The summed E-state index contributed by atoms with van der Waals surface area (Å²) in [6.45, 7) is 0. The molecular formula is C23H14Cl2F3N3O5S. The summed E-state index contributed by atoms with van der Waals surface area (Å²) in [7, 11) is 1.33. The molecule has 192 valence electrons. The maximum Gasteiger partial charge on any atom is 0.490 e. The molecule has 1 saturated heterocycles. The minimum absolute atomic E-state index is 0.290. The van der Waals surface area contributed by atoms with E-state index in [1.165, 1.54) is 18.9 Å². The number of hydrogen-bond acceptors (Lipinski definition) is 7. The molecule has 37 heavy (non-hydrogen) atoms. The van der Waals surface area contributed by atoms with Gasteiger partial charge >= 0.3 is 18.1 Å². The molecule has 0 radical (unpaired) electrons. The number of para-hydroxylation sites is 1. The smallest absolute Gasteiger partial charge is 0.475 e. The summed E-state index contributed by atoms with van der Waals surface area (Å²) in [5.74, 6) is -3.50. The number of amides is 1. The van der Waals surface area contributed by atoms with E-state index in [-0.39, 0.29) is 5.91 Å². The molecule has 2 heterocycles. The lowest BCUT2D eigenvalue weighted by molar-refractivity contribution is -0.192. The number of alkyl halides is 3. The van der Waals surface area contributed by atoms with Crippen LogP contribution in [0.5, 0.6) is 0 Å². The Labute approximate surface area is 221 Å². The lowest BCUT2D eigenvalue weighted by Crippen LogP contribution is -2.21. The van der Waals surface area contributed by atoms with E-state index >= 15 is 0 Å². The van der Waals surface area contributed by atoms with E-state index in [1.807, 2.05) is 6.07 Å². The molecule has 0 unspecified atom stereocenters. The first-order valence-electron chi connectivity index (χ1n) is 9.91. The summed E-state index contributed by atoms with van der Waals surface area (Å²) in [6.07, 6.45) is -1.82. The summed E-state index contributed by atoms with van der Waals surface area (Å²) >= 11 is 13.5. The van der Waals surface area contributed by atoms with Crippen LogP contribution < -0.4 is 5.32 Å². The number of rotatable bonds is 3. The van der Waals surface area contributed by atoms with Crippen molar-refractivity contribution in [3.63, 3.8) is 0 Å². The summed E-state index contributed by atoms with van der Waals surface area (Å²) in [4.78, 5) is 42.4. The standard InChI is InChI=1S/C21H13Cl2N3O3S.C2HF3O2/c1-29-20(28)12-7-8-24-16-6-5-11(9-13(12)16)10-17-19(27)26-21(30-17)25-18-14(22)3-2-4-15(18)23;3-2(4,5)1(6)7/h2-10H,1H3,(H,25,26,27);(H,6,7)/b17-10+;. The van der Waals surface area contributed by atoms with E-state index in [2.05, 4.69) is 15.3 Å². The van der Waals surface area contributed by atoms with Gasteiger partial charge in [-0.1, -0.05) is 35.3 Å². The number of fused-ring (bicyclic) bond motifs is 1. The number of aromatic nitrogens is 1. The summed E-state index contributed by atoms with van der Waals surface area (Å²) in [5, 5.41) is 11.6. The Morgan fingerprint density at radius 1 is 1.16 bits per heavy atom. The molecule has 0 spiro atoms. The van der Waals surface area contributed by atoms with Gasteiger partial charge in [-0.3, -0.25) is 9.78 Å². The molecule has 4 rings (SSSR count). The van der Waals surface area contributed by atoms with Crippen molar-refractivity contribution in [2.24, 2.45) is 4.99 Å². The van der Waals surface area contributed by atoms with Crippen molar-refractivity contribution in [3.8, 4) is 0 Å². The second-order valence-electron chi connectivity index (χ2n) is 6.98. The first kappa shape index (κ1) is 28.0. The number of carboxylic acid groups (broad SMARTS) is 1. The van der Waals surface area contributed by atoms with Crippen molar-refractivity contribution in [1.82, 2.24) is 10.3 Å². The predicted octanol–water partition coefficient (Wildman–Crippen LogP) is 5.85. The molecule has 0 saturated carbocycles. The van der Waals surface area contributed by atoms with Gasteiger partial charge in [-0.2, -0.15) is 13.2 Å². The maximum atomic E-state index is 12.4. The van der Waals surface area contributed by atoms with Gasteiger partial charge in [-0.25, -0.2) is 14.6 Å². The van der Waals surface area contributed by atoms with Gasteiger partial charge in [0.15, 0.2) is 5.17 Å². The van der Waals surface area contributed by atoms with Crippen molar-refractivity contribution >= 4 is 80.6 Å². The molecule has 1 amide bonds. The van der Waals surface area contributed by atoms with Crippen LogP contribution in [-0.4, -0.2) is 46.4 Å². The predicted molar refractivity (Wildman–Crippen MR) is 134 cm³/mol. The van der Waals surface area contributed by atoms with Gasteiger partial charge in [0.1, 0.15) is 5.69 Å². The quantitative estimate of drug-likeness (QED) is 0.299. The number of nitrogens with one attached hydrogen (secondary N) is 1. The molecule has 0 atom stereocenters. The van der Waals surface area contributed by atoms with E-state index in [4.69, 9.17) is 37.8 Å². The van der Waals surface area contributed by atoms with Gasteiger partial charge in [0.2, 0.25) is 0 Å². The van der Waals surface area contributed by atoms with Gasteiger partial charge in [0.25, 0.3) is 5.91 Å². The number of aliphatic carboxylic acids is 1. The normalized spacial score (nSPS) is 15.4. The molecule has 0 bridgehead atoms. The minimum Gasteiger partial charge on any atom is -0.475 e. The number of aliphatic imine (C=N–C) groups is 1. The lowest BCUT2D eigenvalue weighted by Gasteiger charge is -2.05. The van der Waals surface area contributed by atoms with Gasteiger partial charge in [-0.05, 0) is 53.7 Å². The van der Waals surface area contributed by atoms with Crippen molar-refractivity contribution in [2.45, 2.75) is 6.18 Å². The van der Waals surface area contributed by atoms with E-state index in [0.717, 1.165) is 5.56 Å². The molecule has 1 aliphatic heterocycles. The van der Waals surface area contributed by atoms with Crippen LogP contribution in [0.25, 0.3) is 17.0 Å². The van der Waals surface area contributed by atoms with Gasteiger partial charge in [-0.15, -0.1) is 0 Å². The Kier molecular flexibility index (Phi) is 8.79. The van der Waals surface area contributed by atoms with Gasteiger partial charge in [0.05, 0.1) is 33.1 Å². The zero-order chi connectivity index (χ0) is 27.3. The first-order valence-corrected chi connectivity index (χ1v) is 11.5. The second kappa shape index (κ2) is 11.6. The van der Waals surface area contributed by atoms with Crippen molar-refractivity contribution in [2.75, 3.05) is 7.11 Å². The number of pyridine rings is 1. The number of amidine groups is 1. The SMILES string of the molecule is COC(=O)c1ccnc2ccc(/C=C3/SC(=Nc4c(Cl)cccc4Cl)NC3=O)cc12.O=C(O)C(F)(F)F. The highest BCUT2D eigenvalue weighted by atomic mass is 35.5. The molecule has 1 aliphatic rings. The number of carboxylic acids is 1. The second-order valence-corrected chi connectivity index (χ2v) is 8.83. The molecule has 2 N–H and O–H groups in total.